The quantitative estimate of drug-likeness (QED) is 0.652. The summed E-state index contributed by atoms with van der Waals surface area (Å²) < 4.78 is 4.94. The number of nitrogens with two attached hydrogens (primary N) is 1. The Morgan fingerprint density at radius 2 is 2.27 bits per heavy atom. The lowest BCUT2D eigenvalue weighted by Gasteiger charge is -2.10. The molecule has 0 fully saturated rings. The van der Waals surface area contributed by atoms with E-state index >= 15 is 0 Å². The maximum absolute atomic E-state index is 12.0. The standard InChI is InChI=1S/C15H17N5O2/c1-9-19-14(22-20-9)8-18-15(21)12(16)6-10-7-17-13-5-3-2-4-11(10)13/h2-5,7,12,17H,6,8,16H2,1H3,(H,18,21)/t12-/m0/s1. The molecule has 0 saturated carbocycles. The van der Waals surface area contributed by atoms with Gasteiger partial charge in [0.2, 0.25) is 11.8 Å². The van der Waals surface area contributed by atoms with Crippen LogP contribution in [0, 0.1) is 6.92 Å². The van der Waals surface area contributed by atoms with Crippen LogP contribution < -0.4 is 11.1 Å². The lowest BCUT2D eigenvalue weighted by atomic mass is 10.1. The van der Waals surface area contributed by atoms with Crippen molar-refractivity contribution in [2.45, 2.75) is 25.9 Å². The number of benzene rings is 1. The molecule has 2 aromatic heterocycles. The Morgan fingerprint density at radius 1 is 1.45 bits per heavy atom. The van der Waals surface area contributed by atoms with Crippen LogP contribution in [0.3, 0.4) is 0 Å². The van der Waals surface area contributed by atoms with Crippen molar-refractivity contribution in [3.8, 4) is 0 Å². The molecule has 0 aliphatic carbocycles. The van der Waals surface area contributed by atoms with Crippen LogP contribution >= 0.6 is 0 Å². The van der Waals surface area contributed by atoms with Gasteiger partial charge in [0.1, 0.15) is 0 Å². The van der Waals surface area contributed by atoms with Crippen molar-refractivity contribution >= 4 is 16.8 Å². The SMILES string of the molecule is Cc1noc(CNC(=O)[C@@H](N)Cc2c[nH]c3ccccc23)n1. The third kappa shape index (κ3) is 2.99. The van der Waals surface area contributed by atoms with Crippen molar-refractivity contribution in [1.82, 2.24) is 20.4 Å². The van der Waals surface area contributed by atoms with Crippen molar-refractivity contribution in [3.05, 3.63) is 47.7 Å². The molecule has 1 atom stereocenters. The van der Waals surface area contributed by atoms with Crippen molar-refractivity contribution in [3.63, 3.8) is 0 Å². The maximum Gasteiger partial charge on any atom is 0.246 e. The second-order valence-corrected chi connectivity index (χ2v) is 5.12. The normalized spacial score (nSPS) is 12.5. The molecule has 7 nitrogen and oxygen atoms in total. The molecule has 0 bridgehead atoms. The van der Waals surface area contributed by atoms with Gasteiger partial charge in [-0.05, 0) is 25.0 Å². The summed E-state index contributed by atoms with van der Waals surface area (Å²) in [6.45, 7) is 1.90. The van der Waals surface area contributed by atoms with E-state index in [1.54, 1.807) is 6.92 Å². The van der Waals surface area contributed by atoms with Crippen LogP contribution in [0.1, 0.15) is 17.3 Å². The Hall–Kier alpha value is -2.67. The zero-order valence-corrected chi connectivity index (χ0v) is 12.2. The first kappa shape index (κ1) is 14.3. The largest absolute Gasteiger partial charge is 0.361 e. The van der Waals surface area contributed by atoms with Gasteiger partial charge >= 0.3 is 0 Å². The fraction of sp³-hybridized carbons (Fsp3) is 0.267. The minimum atomic E-state index is -0.636. The molecule has 22 heavy (non-hydrogen) atoms. The van der Waals surface area contributed by atoms with E-state index in [2.05, 4.69) is 20.4 Å². The van der Waals surface area contributed by atoms with Gasteiger partial charge < -0.3 is 20.6 Å². The van der Waals surface area contributed by atoms with Gasteiger partial charge in [0.05, 0.1) is 12.6 Å². The Labute approximate surface area is 126 Å². The molecule has 4 N–H and O–H groups in total. The van der Waals surface area contributed by atoms with E-state index in [-0.39, 0.29) is 12.5 Å². The number of nitrogens with one attached hydrogen (secondary N) is 2. The highest BCUT2D eigenvalue weighted by molar-refractivity contribution is 5.86. The number of aromatic amines is 1. The van der Waals surface area contributed by atoms with E-state index in [1.165, 1.54) is 0 Å². The summed E-state index contributed by atoms with van der Waals surface area (Å²) in [5.41, 5.74) is 8.03. The summed E-state index contributed by atoms with van der Waals surface area (Å²) in [4.78, 5) is 19.2. The number of rotatable bonds is 5. The number of carbonyl (C=O) groups is 1. The van der Waals surface area contributed by atoms with E-state index in [1.807, 2.05) is 30.5 Å². The molecule has 3 rings (SSSR count). The van der Waals surface area contributed by atoms with Gasteiger partial charge in [-0.25, -0.2) is 0 Å². The second kappa shape index (κ2) is 5.98. The highest BCUT2D eigenvalue weighted by Crippen LogP contribution is 2.18. The summed E-state index contributed by atoms with van der Waals surface area (Å²) in [7, 11) is 0. The van der Waals surface area contributed by atoms with E-state index in [9.17, 15) is 4.79 Å². The van der Waals surface area contributed by atoms with Crippen LogP contribution in [0.15, 0.2) is 35.0 Å². The van der Waals surface area contributed by atoms with Crippen LogP contribution in [-0.2, 0) is 17.8 Å². The van der Waals surface area contributed by atoms with Gasteiger partial charge in [0, 0.05) is 17.1 Å². The highest BCUT2D eigenvalue weighted by Gasteiger charge is 2.16. The summed E-state index contributed by atoms with van der Waals surface area (Å²) in [6, 6.07) is 7.28. The third-order valence-corrected chi connectivity index (χ3v) is 3.43. The zero-order chi connectivity index (χ0) is 15.5. The minimum absolute atomic E-state index is 0.182. The number of H-pyrrole nitrogens is 1. The van der Waals surface area contributed by atoms with Crippen molar-refractivity contribution in [2.75, 3.05) is 0 Å². The number of carbonyl (C=O) groups excluding carboxylic acids is 1. The van der Waals surface area contributed by atoms with Crippen LogP contribution in [0.4, 0.5) is 0 Å². The summed E-state index contributed by atoms with van der Waals surface area (Å²) in [5, 5.41) is 7.45. The number of aromatic nitrogens is 3. The number of aryl methyl sites for hydroxylation is 1. The Morgan fingerprint density at radius 3 is 3.05 bits per heavy atom. The van der Waals surface area contributed by atoms with Gasteiger partial charge in [-0.3, -0.25) is 4.79 Å². The minimum Gasteiger partial charge on any atom is -0.361 e. The number of nitrogens with zero attached hydrogens (tertiary/aromatic N) is 2. The summed E-state index contributed by atoms with van der Waals surface area (Å²) in [5.74, 6) is 0.651. The van der Waals surface area contributed by atoms with E-state index in [0.717, 1.165) is 16.5 Å². The molecular weight excluding hydrogens is 282 g/mol. The average molecular weight is 299 g/mol. The van der Waals surface area contributed by atoms with Gasteiger partial charge in [0.25, 0.3) is 0 Å². The number of amides is 1. The van der Waals surface area contributed by atoms with Crippen molar-refractivity contribution in [1.29, 1.82) is 0 Å². The number of para-hydroxylation sites is 1. The van der Waals surface area contributed by atoms with Gasteiger partial charge in [-0.1, -0.05) is 23.4 Å². The van der Waals surface area contributed by atoms with E-state index in [0.29, 0.717) is 18.1 Å². The first-order valence-electron chi connectivity index (χ1n) is 7.01. The summed E-state index contributed by atoms with van der Waals surface area (Å²) in [6.07, 6.45) is 2.35. The van der Waals surface area contributed by atoms with Gasteiger partial charge in [0.15, 0.2) is 5.82 Å². The third-order valence-electron chi connectivity index (χ3n) is 3.43. The first-order valence-corrected chi connectivity index (χ1v) is 7.01. The van der Waals surface area contributed by atoms with Crippen LogP contribution in [0.25, 0.3) is 10.9 Å². The number of hydrogen-bond donors (Lipinski definition) is 3. The molecule has 2 heterocycles. The molecule has 0 aliphatic heterocycles. The molecular formula is C15H17N5O2. The monoisotopic (exact) mass is 299 g/mol. The molecule has 114 valence electrons. The van der Waals surface area contributed by atoms with Crippen LogP contribution in [0.2, 0.25) is 0 Å². The molecule has 0 aliphatic rings. The molecule has 3 aromatic rings. The topological polar surface area (TPSA) is 110 Å². The number of hydrogen-bond acceptors (Lipinski definition) is 5. The average Bonchev–Trinajstić information content (AvgIpc) is 3.12. The fourth-order valence-corrected chi connectivity index (χ4v) is 2.34. The molecule has 0 radical (unpaired) electrons. The highest BCUT2D eigenvalue weighted by atomic mass is 16.5. The maximum atomic E-state index is 12.0. The molecule has 7 heteroatoms. The van der Waals surface area contributed by atoms with Crippen LogP contribution in [-0.4, -0.2) is 27.1 Å². The fourth-order valence-electron chi connectivity index (χ4n) is 2.34. The van der Waals surface area contributed by atoms with Crippen LogP contribution in [0.5, 0.6) is 0 Å². The summed E-state index contributed by atoms with van der Waals surface area (Å²) >= 11 is 0. The zero-order valence-electron chi connectivity index (χ0n) is 12.2. The first-order chi connectivity index (χ1) is 10.6. The molecule has 0 unspecified atom stereocenters. The molecule has 1 amide bonds. The van der Waals surface area contributed by atoms with Crippen molar-refractivity contribution < 1.29 is 9.32 Å². The van der Waals surface area contributed by atoms with E-state index in [4.69, 9.17) is 10.3 Å². The van der Waals surface area contributed by atoms with Gasteiger partial charge in [-0.15, -0.1) is 0 Å². The Bertz CT molecular complexity index is 792. The predicted octanol–water partition coefficient (Wildman–Crippen LogP) is 1.05. The second-order valence-electron chi connectivity index (χ2n) is 5.12. The smallest absolute Gasteiger partial charge is 0.246 e. The lowest BCUT2D eigenvalue weighted by molar-refractivity contribution is -0.122. The Balaban J connectivity index is 1.61. The molecule has 0 spiro atoms. The van der Waals surface area contributed by atoms with E-state index < -0.39 is 6.04 Å². The molecule has 0 saturated heterocycles. The van der Waals surface area contributed by atoms with Gasteiger partial charge in [-0.2, -0.15) is 4.98 Å². The number of fused-ring (bicyclic) bond motifs is 1. The van der Waals surface area contributed by atoms with Crippen molar-refractivity contribution in [2.24, 2.45) is 5.73 Å². The predicted molar refractivity (Wildman–Crippen MR) is 80.9 cm³/mol. The lowest BCUT2D eigenvalue weighted by Crippen LogP contribution is -2.41. The Kier molecular flexibility index (Phi) is 3.88. The molecule has 1 aromatic carbocycles.